The SMILES string of the molecule is CCCCCCCCCCCCCCCCCC(=O)N(CCCCCCCCCCCCCC)[C@@]1(NC(=O)CNC(=O)CN)C[C@@H](O)[C@H](O)[C@@H](CO)O1. The van der Waals surface area contributed by atoms with E-state index in [-0.39, 0.29) is 31.8 Å². The maximum absolute atomic E-state index is 14.0. The molecule has 1 saturated heterocycles. The summed E-state index contributed by atoms with van der Waals surface area (Å²) >= 11 is 0. The van der Waals surface area contributed by atoms with Gasteiger partial charge in [-0.05, 0) is 12.8 Å². The lowest BCUT2D eigenvalue weighted by Gasteiger charge is -2.50. The molecule has 0 unspecified atom stereocenters. The molecule has 1 heterocycles. The lowest BCUT2D eigenvalue weighted by molar-refractivity contribution is -0.280. The van der Waals surface area contributed by atoms with E-state index >= 15 is 0 Å². The number of rotatable bonds is 35. The van der Waals surface area contributed by atoms with Gasteiger partial charge in [0.25, 0.3) is 0 Å². The summed E-state index contributed by atoms with van der Waals surface area (Å²) in [5.74, 6) is -3.15. The molecule has 11 nitrogen and oxygen atoms in total. The Morgan fingerprint density at radius 2 is 1.08 bits per heavy atom. The number of unbranched alkanes of at least 4 members (excludes halogenated alkanes) is 25. The van der Waals surface area contributed by atoms with E-state index in [1.165, 1.54) is 127 Å². The molecule has 312 valence electrons. The molecule has 1 fully saturated rings. The third kappa shape index (κ3) is 23.0. The van der Waals surface area contributed by atoms with Crippen molar-refractivity contribution in [1.29, 1.82) is 0 Å². The van der Waals surface area contributed by atoms with Gasteiger partial charge in [-0.3, -0.25) is 19.3 Å². The first-order chi connectivity index (χ1) is 25.7. The Morgan fingerprint density at radius 1 is 0.660 bits per heavy atom. The monoisotopic (exact) mass is 755 g/mol. The van der Waals surface area contributed by atoms with E-state index in [1.807, 2.05) is 0 Å². The fourth-order valence-electron chi connectivity index (χ4n) is 7.40. The number of ether oxygens (including phenoxy) is 1. The van der Waals surface area contributed by atoms with Crippen LogP contribution in [0.5, 0.6) is 0 Å². The van der Waals surface area contributed by atoms with Gasteiger partial charge in [0.1, 0.15) is 12.2 Å². The predicted molar refractivity (Wildman–Crippen MR) is 214 cm³/mol. The zero-order valence-corrected chi connectivity index (χ0v) is 34.1. The minimum absolute atomic E-state index is 0.214. The minimum atomic E-state index is -1.79. The summed E-state index contributed by atoms with van der Waals surface area (Å²) in [6, 6.07) is 0. The van der Waals surface area contributed by atoms with E-state index in [0.717, 1.165) is 38.5 Å². The van der Waals surface area contributed by atoms with Gasteiger partial charge in [-0.1, -0.05) is 174 Å². The number of nitrogens with zero attached hydrogens (tertiary/aromatic N) is 1. The molecule has 0 aromatic heterocycles. The second-order valence-electron chi connectivity index (χ2n) is 15.5. The molecule has 0 spiro atoms. The van der Waals surface area contributed by atoms with Crippen molar-refractivity contribution in [2.24, 2.45) is 5.73 Å². The van der Waals surface area contributed by atoms with Crippen LogP contribution in [0.15, 0.2) is 0 Å². The molecule has 4 atom stereocenters. The fourth-order valence-corrected chi connectivity index (χ4v) is 7.40. The normalized spacial score (nSPS) is 20.0. The Bertz CT molecular complexity index is 926. The van der Waals surface area contributed by atoms with Gasteiger partial charge in [0.05, 0.1) is 25.8 Å². The number of hydrogen-bond donors (Lipinski definition) is 6. The summed E-state index contributed by atoms with van der Waals surface area (Å²) in [4.78, 5) is 40.4. The molecule has 0 radical (unpaired) electrons. The maximum atomic E-state index is 14.0. The highest BCUT2D eigenvalue weighted by Crippen LogP contribution is 2.32. The predicted octanol–water partition coefficient (Wildman–Crippen LogP) is 7.13. The third-order valence-corrected chi connectivity index (χ3v) is 10.7. The first-order valence-electron chi connectivity index (χ1n) is 22.0. The van der Waals surface area contributed by atoms with Gasteiger partial charge in [-0.15, -0.1) is 0 Å². The van der Waals surface area contributed by atoms with Crippen LogP contribution in [0.25, 0.3) is 0 Å². The fraction of sp³-hybridized carbons (Fsp3) is 0.929. The molecule has 1 aliphatic rings. The smallest absolute Gasteiger partial charge is 0.243 e. The molecule has 0 saturated carbocycles. The summed E-state index contributed by atoms with van der Waals surface area (Å²) in [7, 11) is 0. The lowest BCUT2D eigenvalue weighted by atomic mass is 9.96. The van der Waals surface area contributed by atoms with Crippen molar-refractivity contribution < 1.29 is 34.4 Å². The van der Waals surface area contributed by atoms with Crippen molar-refractivity contribution in [1.82, 2.24) is 15.5 Å². The first-order valence-corrected chi connectivity index (χ1v) is 22.0. The Balaban J connectivity index is 2.74. The van der Waals surface area contributed by atoms with E-state index in [0.29, 0.717) is 12.8 Å². The Morgan fingerprint density at radius 3 is 1.49 bits per heavy atom. The number of carbonyl (C=O) groups excluding carboxylic acids is 3. The van der Waals surface area contributed by atoms with E-state index in [4.69, 9.17) is 10.5 Å². The molecule has 11 heteroatoms. The lowest BCUT2D eigenvalue weighted by Crippen LogP contribution is -2.72. The molecule has 53 heavy (non-hydrogen) atoms. The molecular formula is C42H82N4O7. The summed E-state index contributed by atoms with van der Waals surface area (Å²) in [5.41, 5.74) is 5.38. The van der Waals surface area contributed by atoms with Crippen LogP contribution in [-0.4, -0.2) is 88.3 Å². The van der Waals surface area contributed by atoms with Crippen LogP contribution in [0.4, 0.5) is 0 Å². The van der Waals surface area contributed by atoms with Gasteiger partial charge < -0.3 is 36.4 Å². The molecule has 3 amide bonds. The average Bonchev–Trinajstić information content (AvgIpc) is 3.15. The van der Waals surface area contributed by atoms with E-state index in [2.05, 4.69) is 24.5 Å². The highest BCUT2D eigenvalue weighted by atomic mass is 16.6. The van der Waals surface area contributed by atoms with Gasteiger partial charge in [-0.25, -0.2) is 0 Å². The largest absolute Gasteiger partial charge is 0.394 e. The molecule has 0 aromatic rings. The standard InChI is InChI=1S/C42H82N4O7/c1-3-5-7-9-11-13-15-17-18-19-20-22-24-26-28-30-40(51)46(31-29-27-25-23-21-16-14-12-10-8-6-4-2)42(45-39(50)34-44-38(49)33-43)32-36(48)41(52)37(35-47)53-42/h36-37,41,47-48,52H,3-35,43H2,1-2H3,(H,44,49)(H,45,50)/t36-,37-,41+,42+/m1/s1. The number of nitrogens with two attached hydrogens (primary N) is 1. The first kappa shape index (κ1) is 49.2. The van der Waals surface area contributed by atoms with Crippen molar-refractivity contribution in [3.63, 3.8) is 0 Å². The van der Waals surface area contributed by atoms with E-state index in [1.54, 1.807) is 0 Å². The van der Waals surface area contributed by atoms with Crippen molar-refractivity contribution in [3.8, 4) is 0 Å². The Labute approximate surface area is 323 Å². The number of nitrogens with one attached hydrogen (secondary N) is 2. The second kappa shape index (κ2) is 32.5. The maximum Gasteiger partial charge on any atom is 0.243 e. The second-order valence-corrected chi connectivity index (χ2v) is 15.5. The van der Waals surface area contributed by atoms with Crippen LogP contribution >= 0.6 is 0 Å². The number of amides is 3. The third-order valence-electron chi connectivity index (χ3n) is 10.7. The zero-order valence-electron chi connectivity index (χ0n) is 34.1. The van der Waals surface area contributed by atoms with Crippen LogP contribution in [-0.2, 0) is 19.1 Å². The Kier molecular flexibility index (Phi) is 30.1. The number of aliphatic hydroxyl groups excluding tert-OH is 3. The molecule has 7 N–H and O–H groups in total. The van der Waals surface area contributed by atoms with Crippen LogP contribution in [0.3, 0.4) is 0 Å². The average molecular weight is 755 g/mol. The minimum Gasteiger partial charge on any atom is -0.394 e. The zero-order chi connectivity index (χ0) is 39.0. The van der Waals surface area contributed by atoms with Gasteiger partial charge in [0.2, 0.25) is 23.6 Å². The van der Waals surface area contributed by atoms with Crippen molar-refractivity contribution in [3.05, 3.63) is 0 Å². The van der Waals surface area contributed by atoms with Gasteiger partial charge >= 0.3 is 0 Å². The van der Waals surface area contributed by atoms with Gasteiger partial charge in [0, 0.05) is 19.4 Å². The summed E-state index contributed by atoms with van der Waals surface area (Å²) in [5, 5.41) is 36.7. The highest BCUT2D eigenvalue weighted by molar-refractivity contribution is 5.86. The summed E-state index contributed by atoms with van der Waals surface area (Å²) in [6.07, 6.45) is 28.3. The quantitative estimate of drug-likeness (QED) is 0.0293. The number of aliphatic hydroxyl groups is 3. The van der Waals surface area contributed by atoms with Gasteiger partial charge in [0.15, 0.2) is 0 Å². The summed E-state index contributed by atoms with van der Waals surface area (Å²) in [6.45, 7) is 3.48. The van der Waals surface area contributed by atoms with Crippen LogP contribution in [0.2, 0.25) is 0 Å². The molecule has 0 aromatic carbocycles. The number of carbonyl (C=O) groups is 3. The van der Waals surface area contributed by atoms with Crippen molar-refractivity contribution in [2.45, 2.75) is 224 Å². The highest BCUT2D eigenvalue weighted by Gasteiger charge is 2.52. The topological polar surface area (TPSA) is 174 Å². The number of hydrogen-bond acceptors (Lipinski definition) is 8. The molecular weight excluding hydrogens is 672 g/mol. The van der Waals surface area contributed by atoms with Crippen LogP contribution < -0.4 is 16.4 Å². The van der Waals surface area contributed by atoms with Crippen molar-refractivity contribution >= 4 is 17.7 Å². The molecule has 0 bridgehead atoms. The molecule has 1 aliphatic heterocycles. The molecule has 1 rings (SSSR count). The van der Waals surface area contributed by atoms with Gasteiger partial charge in [-0.2, -0.15) is 0 Å². The Hall–Kier alpha value is -1.79. The van der Waals surface area contributed by atoms with Crippen molar-refractivity contribution in [2.75, 3.05) is 26.2 Å². The van der Waals surface area contributed by atoms with E-state index < -0.39 is 49.1 Å². The van der Waals surface area contributed by atoms with Crippen LogP contribution in [0, 0.1) is 0 Å². The van der Waals surface area contributed by atoms with E-state index in [9.17, 15) is 29.7 Å². The van der Waals surface area contributed by atoms with Crippen LogP contribution in [0.1, 0.15) is 200 Å². The molecule has 0 aliphatic carbocycles. The summed E-state index contributed by atoms with van der Waals surface area (Å²) < 4.78 is 6.15.